The predicted molar refractivity (Wildman–Crippen MR) is 281 cm³/mol. The first-order valence-electron chi connectivity index (χ1n) is 25.3. The Morgan fingerprint density at radius 3 is 1.96 bits per heavy atom. The second-order valence-electron chi connectivity index (χ2n) is 19.2. The standard InChI is InChI=1S/C63H52N4O.Pt/c1-42-36-60(64-40-55(42)44-30-32-47(33-31-44)63(2,3)4)67-56-27-14-13-26-52(56)53-35-34-50(39-59(53)67)68-49-24-17-23-48(38-49)65-41-66(58-29-16-15-28-57(58)65)62-54(43-18-7-5-8-19-43)37-46-22-11-12-25-51(46)61(62)45-20-9-6-10-21-45;/h5-10,13-21,23-24,26-40H,11-12,22,25H2,1-4H3;/i1D3;. The van der Waals surface area contributed by atoms with Gasteiger partial charge in [0.1, 0.15) is 0 Å². The summed E-state index contributed by atoms with van der Waals surface area (Å²) < 4.78 is 40.8. The number of aromatic nitrogens is 4. The number of ether oxygens (including phenoxy) is 1. The fourth-order valence-electron chi connectivity index (χ4n) is 10.5. The van der Waals surface area contributed by atoms with Crippen LogP contribution in [0.3, 0.4) is 0 Å². The third kappa shape index (κ3) is 7.61. The fraction of sp³-hybridized carbons (Fsp3) is 0.143. The molecule has 12 rings (SSSR count). The van der Waals surface area contributed by atoms with Crippen LogP contribution in [-0.2, 0) is 37.6 Å². The summed E-state index contributed by atoms with van der Waals surface area (Å²) in [4.78, 5) is 4.99. The van der Waals surface area contributed by atoms with E-state index >= 15 is 0 Å². The third-order valence-corrected chi connectivity index (χ3v) is 14.9. The van der Waals surface area contributed by atoms with Crippen LogP contribution >= 0.6 is 0 Å². The van der Waals surface area contributed by atoms with Gasteiger partial charge < -0.3 is 0 Å². The average molecular weight is 1080 g/mol. The van der Waals surface area contributed by atoms with E-state index in [0.29, 0.717) is 22.9 Å². The Labute approximate surface area is 418 Å². The molecule has 0 aliphatic heterocycles. The van der Waals surface area contributed by atoms with E-state index in [2.05, 4.69) is 193 Å². The number of fused-ring (bicyclic) bond motifs is 5. The molecule has 0 N–H and O–H groups in total. The predicted octanol–water partition coefficient (Wildman–Crippen LogP) is 16.3. The van der Waals surface area contributed by atoms with Crippen LogP contribution in [-0.4, -0.2) is 18.7 Å². The van der Waals surface area contributed by atoms with Crippen molar-refractivity contribution in [3.63, 3.8) is 0 Å². The molecule has 0 saturated heterocycles. The Kier molecular flexibility index (Phi) is 9.95. The summed E-state index contributed by atoms with van der Waals surface area (Å²) in [6.07, 6.45) is 6.20. The molecule has 3 aromatic heterocycles. The molecular weight excluding hydrogens is 1020 g/mol. The Hall–Kier alpha value is -7.33. The summed E-state index contributed by atoms with van der Waals surface area (Å²) in [7, 11) is 0. The molecule has 0 spiro atoms. The van der Waals surface area contributed by atoms with Gasteiger partial charge in [0.25, 0.3) is 0 Å². The second kappa shape index (κ2) is 17.3. The molecule has 6 heteroatoms. The molecule has 69 heavy (non-hydrogen) atoms. The zero-order valence-corrected chi connectivity index (χ0v) is 41.1. The summed E-state index contributed by atoms with van der Waals surface area (Å²) in [5.41, 5.74) is 16.8. The van der Waals surface area contributed by atoms with Gasteiger partial charge in [0, 0.05) is 15.9 Å². The van der Waals surface area contributed by atoms with Gasteiger partial charge >= 0.3 is 319 Å². The molecule has 340 valence electrons. The minimum atomic E-state index is -2.38. The number of hydrogen-bond donors (Lipinski definition) is 0. The average Bonchev–Trinajstić information content (AvgIpc) is 3.88. The third-order valence-electron chi connectivity index (χ3n) is 13.8. The van der Waals surface area contributed by atoms with Crippen LogP contribution in [0.15, 0.2) is 194 Å². The van der Waals surface area contributed by atoms with Crippen LogP contribution in [0.4, 0.5) is 0 Å². The van der Waals surface area contributed by atoms with E-state index in [1.807, 2.05) is 42.5 Å². The Balaban J connectivity index is 0.976. The van der Waals surface area contributed by atoms with Gasteiger partial charge in [-0.1, -0.05) is 57.2 Å². The quantitative estimate of drug-likeness (QED) is 0.152. The van der Waals surface area contributed by atoms with Crippen LogP contribution < -0.4 is 4.74 Å². The molecule has 0 radical (unpaired) electrons. The van der Waals surface area contributed by atoms with Crippen molar-refractivity contribution in [2.75, 3.05) is 0 Å². The monoisotopic (exact) mass is 1080 g/mol. The number of para-hydroxylation sites is 3. The number of pyridine rings is 1. The van der Waals surface area contributed by atoms with Gasteiger partial charge in [0.05, 0.1) is 0 Å². The van der Waals surface area contributed by atoms with E-state index in [0.717, 1.165) is 60.7 Å². The molecule has 0 unspecified atom stereocenters. The van der Waals surface area contributed by atoms with Crippen molar-refractivity contribution in [3.05, 3.63) is 220 Å². The van der Waals surface area contributed by atoms with Crippen LogP contribution in [0, 0.1) is 10.7 Å². The van der Waals surface area contributed by atoms with Crippen LogP contribution in [0.2, 0.25) is 0 Å². The minimum Gasteiger partial charge on any atom is -0.0579 e. The molecule has 0 saturated carbocycles. The Bertz CT molecular complexity index is 3940. The van der Waals surface area contributed by atoms with Gasteiger partial charge in [-0.05, 0) is 29.0 Å². The first kappa shape index (κ1) is 39.6. The smallest absolute Gasteiger partial charge is 0.0579 e. The Morgan fingerprint density at radius 1 is 0.551 bits per heavy atom. The minimum absolute atomic E-state index is 0.0293. The molecule has 0 atom stereocenters. The van der Waals surface area contributed by atoms with Crippen molar-refractivity contribution in [1.29, 1.82) is 0 Å². The van der Waals surface area contributed by atoms with Gasteiger partial charge in [0.2, 0.25) is 0 Å². The second-order valence-corrected chi connectivity index (χ2v) is 20.2. The van der Waals surface area contributed by atoms with Crippen molar-refractivity contribution in [2.24, 2.45) is 0 Å². The number of rotatable bonds is 8. The van der Waals surface area contributed by atoms with Gasteiger partial charge in [-0.25, -0.2) is 0 Å². The number of aryl methyl sites for hydroxylation is 2. The van der Waals surface area contributed by atoms with E-state index in [1.54, 1.807) is 12.3 Å². The number of hydrogen-bond acceptors (Lipinski definition) is 2. The molecule has 11 aromatic rings. The van der Waals surface area contributed by atoms with Crippen molar-refractivity contribution in [1.82, 2.24) is 18.7 Å². The van der Waals surface area contributed by atoms with E-state index in [1.165, 1.54) is 57.5 Å². The zero-order valence-electron chi connectivity index (χ0n) is 41.8. The molecule has 0 fully saturated rings. The van der Waals surface area contributed by atoms with Crippen molar-refractivity contribution in [2.45, 2.75) is 58.7 Å². The van der Waals surface area contributed by atoms with Gasteiger partial charge in [-0.15, -0.1) is 0 Å². The fourth-order valence-corrected chi connectivity index (χ4v) is 11.6. The topological polar surface area (TPSA) is 36.9 Å². The molecule has 1 aliphatic rings. The maximum absolute atomic E-state index is 8.69. The molecule has 0 bridgehead atoms. The molecular formula is C63H52N4OPt. The molecule has 0 amide bonds. The SMILES string of the molecule is [2H]C([2H])([2H])c1cc(-n2c3ccccc3c3ccc(Oc4cccc(-n5[c](=[Pt])n(-c6c(-c7ccccc7)cc7c(c6-c6ccccc6)CCCC7)c6ccccc65)c4)cc32)ncc1-c1ccc(C(C)(C)C)cc1. The van der Waals surface area contributed by atoms with Crippen LogP contribution in [0.1, 0.15) is 60.0 Å². The van der Waals surface area contributed by atoms with Crippen LogP contribution in [0.5, 0.6) is 11.5 Å². The first-order valence-corrected chi connectivity index (χ1v) is 25.0. The first-order chi connectivity index (χ1) is 34.9. The number of nitrogens with zero attached hydrogens (tertiary/aromatic N) is 4. The summed E-state index contributed by atoms with van der Waals surface area (Å²) in [6, 6.07) is 65.5. The molecule has 5 nitrogen and oxygen atoms in total. The van der Waals surface area contributed by atoms with Gasteiger partial charge in [-0.3, -0.25) is 0 Å². The van der Waals surface area contributed by atoms with Gasteiger partial charge in [-0.2, -0.15) is 0 Å². The van der Waals surface area contributed by atoms with E-state index in [-0.39, 0.29) is 11.0 Å². The zero-order chi connectivity index (χ0) is 49.3. The van der Waals surface area contributed by atoms with Crippen molar-refractivity contribution < 1.29 is 28.2 Å². The van der Waals surface area contributed by atoms with E-state index in [4.69, 9.17) is 13.8 Å². The van der Waals surface area contributed by atoms with Gasteiger partial charge in [0.15, 0.2) is 0 Å². The molecule has 8 aromatic carbocycles. The molecule has 1 aliphatic carbocycles. The summed E-state index contributed by atoms with van der Waals surface area (Å²) >= 11 is 2.52. The summed E-state index contributed by atoms with van der Waals surface area (Å²) in [6.45, 7) is 4.13. The number of imidazole rings is 1. The maximum atomic E-state index is 8.69. The van der Waals surface area contributed by atoms with E-state index in [9.17, 15) is 0 Å². The van der Waals surface area contributed by atoms with Crippen LogP contribution in [0.25, 0.3) is 83.4 Å². The van der Waals surface area contributed by atoms with E-state index < -0.39 is 6.85 Å². The van der Waals surface area contributed by atoms with Crippen molar-refractivity contribution >= 4 is 32.8 Å². The Morgan fingerprint density at radius 2 is 1.20 bits per heavy atom. The normalized spacial score (nSPS) is 13.6. The molecule has 3 heterocycles. The number of benzene rings is 8. The summed E-state index contributed by atoms with van der Waals surface area (Å²) in [5.74, 6) is 1.85. The van der Waals surface area contributed by atoms with Crippen molar-refractivity contribution in [3.8, 4) is 62.1 Å². The summed E-state index contributed by atoms with van der Waals surface area (Å²) in [5, 5.41) is 2.04.